The molecule has 0 spiro atoms. The molecule has 1 fully saturated rings. The van der Waals surface area contributed by atoms with Gasteiger partial charge in [0.25, 0.3) is 5.91 Å². The van der Waals surface area contributed by atoms with E-state index in [2.05, 4.69) is 46.7 Å². The van der Waals surface area contributed by atoms with Gasteiger partial charge >= 0.3 is 0 Å². The number of rotatable bonds is 2. The molecular formula is C18H22N4O. The SMILES string of the molecule is CC1CC(c2ccccc2)CN1C(=O)c1n[nH]c2c1CNCC2. The van der Waals surface area contributed by atoms with Gasteiger partial charge in [-0.3, -0.25) is 9.89 Å². The Morgan fingerprint density at radius 1 is 1.30 bits per heavy atom. The van der Waals surface area contributed by atoms with E-state index in [4.69, 9.17) is 0 Å². The molecule has 0 radical (unpaired) electrons. The number of fused-ring (bicyclic) bond motifs is 1. The van der Waals surface area contributed by atoms with Gasteiger partial charge in [0.2, 0.25) is 0 Å². The topological polar surface area (TPSA) is 61.0 Å². The van der Waals surface area contributed by atoms with Crippen LogP contribution in [-0.2, 0) is 13.0 Å². The van der Waals surface area contributed by atoms with Crippen molar-refractivity contribution in [3.63, 3.8) is 0 Å². The van der Waals surface area contributed by atoms with E-state index in [9.17, 15) is 4.79 Å². The molecule has 23 heavy (non-hydrogen) atoms. The highest BCUT2D eigenvalue weighted by Crippen LogP contribution is 2.32. The van der Waals surface area contributed by atoms with Gasteiger partial charge in [0.05, 0.1) is 0 Å². The quantitative estimate of drug-likeness (QED) is 0.893. The highest BCUT2D eigenvalue weighted by molar-refractivity contribution is 5.94. The summed E-state index contributed by atoms with van der Waals surface area (Å²) in [6.07, 6.45) is 1.93. The van der Waals surface area contributed by atoms with Gasteiger partial charge in [0, 0.05) is 49.3 Å². The molecule has 2 N–H and O–H groups in total. The van der Waals surface area contributed by atoms with Crippen LogP contribution in [0, 0.1) is 0 Å². The lowest BCUT2D eigenvalue weighted by Crippen LogP contribution is -2.35. The number of aromatic nitrogens is 2. The van der Waals surface area contributed by atoms with Crippen LogP contribution in [0.4, 0.5) is 0 Å². The number of carbonyl (C=O) groups excluding carboxylic acids is 1. The molecule has 0 bridgehead atoms. The molecule has 0 aliphatic carbocycles. The van der Waals surface area contributed by atoms with Crippen molar-refractivity contribution in [3.8, 4) is 0 Å². The molecule has 0 saturated carbocycles. The Kier molecular flexibility index (Phi) is 3.65. The van der Waals surface area contributed by atoms with Crippen molar-refractivity contribution in [2.24, 2.45) is 0 Å². The fourth-order valence-corrected chi connectivity index (χ4v) is 3.82. The summed E-state index contributed by atoms with van der Waals surface area (Å²) in [5, 5.41) is 10.7. The fraction of sp³-hybridized carbons (Fsp3) is 0.444. The first-order chi connectivity index (χ1) is 11.2. The molecule has 3 heterocycles. The Hall–Kier alpha value is -2.14. The maximum absolute atomic E-state index is 13.0. The zero-order valence-electron chi connectivity index (χ0n) is 13.4. The number of aromatic amines is 1. The normalized spacial score (nSPS) is 23.8. The molecule has 4 rings (SSSR count). The summed E-state index contributed by atoms with van der Waals surface area (Å²) in [6.45, 7) is 4.59. The van der Waals surface area contributed by atoms with Gasteiger partial charge in [-0.2, -0.15) is 5.10 Å². The summed E-state index contributed by atoms with van der Waals surface area (Å²) in [5.74, 6) is 0.486. The minimum absolute atomic E-state index is 0.0668. The number of H-pyrrole nitrogens is 1. The van der Waals surface area contributed by atoms with Crippen molar-refractivity contribution in [1.82, 2.24) is 20.4 Å². The van der Waals surface area contributed by atoms with E-state index in [-0.39, 0.29) is 11.9 Å². The third-order valence-electron chi connectivity index (χ3n) is 5.12. The van der Waals surface area contributed by atoms with Gasteiger partial charge in [-0.1, -0.05) is 30.3 Å². The maximum atomic E-state index is 13.0. The number of nitrogens with one attached hydrogen (secondary N) is 2. The van der Waals surface area contributed by atoms with Gasteiger partial charge in [0.1, 0.15) is 0 Å². The fourth-order valence-electron chi connectivity index (χ4n) is 3.82. The number of nitrogens with zero attached hydrogens (tertiary/aromatic N) is 2. The smallest absolute Gasteiger partial charge is 0.274 e. The second-order valence-corrected chi connectivity index (χ2v) is 6.61. The average molecular weight is 310 g/mol. The number of likely N-dealkylation sites (tertiary alicyclic amines) is 1. The van der Waals surface area contributed by atoms with Crippen molar-refractivity contribution in [1.29, 1.82) is 0 Å². The monoisotopic (exact) mass is 310 g/mol. The average Bonchev–Trinajstić information content (AvgIpc) is 3.19. The second kappa shape index (κ2) is 5.81. The van der Waals surface area contributed by atoms with Crippen LogP contribution in [0.5, 0.6) is 0 Å². The van der Waals surface area contributed by atoms with Crippen molar-refractivity contribution in [3.05, 3.63) is 52.8 Å². The largest absolute Gasteiger partial charge is 0.334 e. The zero-order valence-corrected chi connectivity index (χ0v) is 13.4. The van der Waals surface area contributed by atoms with E-state index in [0.29, 0.717) is 11.6 Å². The molecule has 5 heteroatoms. The molecule has 1 saturated heterocycles. The van der Waals surface area contributed by atoms with Gasteiger partial charge in [-0.05, 0) is 18.9 Å². The molecule has 1 amide bonds. The van der Waals surface area contributed by atoms with Crippen LogP contribution in [0.3, 0.4) is 0 Å². The van der Waals surface area contributed by atoms with E-state index in [1.165, 1.54) is 5.56 Å². The van der Waals surface area contributed by atoms with Crippen molar-refractivity contribution < 1.29 is 4.79 Å². The number of amides is 1. The Morgan fingerprint density at radius 2 is 2.13 bits per heavy atom. The third kappa shape index (κ3) is 2.55. The van der Waals surface area contributed by atoms with Crippen LogP contribution >= 0.6 is 0 Å². The van der Waals surface area contributed by atoms with E-state index < -0.39 is 0 Å². The van der Waals surface area contributed by atoms with Crippen molar-refractivity contribution >= 4 is 5.91 Å². The van der Waals surface area contributed by atoms with Crippen LogP contribution < -0.4 is 5.32 Å². The third-order valence-corrected chi connectivity index (χ3v) is 5.12. The summed E-state index contributed by atoms with van der Waals surface area (Å²) >= 11 is 0. The van der Waals surface area contributed by atoms with Crippen molar-refractivity contribution in [2.75, 3.05) is 13.1 Å². The number of hydrogen-bond donors (Lipinski definition) is 2. The van der Waals surface area contributed by atoms with Crippen LogP contribution in [0.1, 0.15) is 46.6 Å². The number of benzene rings is 1. The summed E-state index contributed by atoms with van der Waals surface area (Å²) in [7, 11) is 0. The molecule has 5 nitrogen and oxygen atoms in total. The van der Waals surface area contributed by atoms with E-state index in [0.717, 1.165) is 43.7 Å². The Bertz CT molecular complexity index is 709. The minimum Gasteiger partial charge on any atom is -0.334 e. The van der Waals surface area contributed by atoms with Crippen LogP contribution in [0.15, 0.2) is 30.3 Å². The van der Waals surface area contributed by atoms with Gasteiger partial charge in [-0.15, -0.1) is 0 Å². The number of carbonyl (C=O) groups is 1. The first-order valence-electron chi connectivity index (χ1n) is 8.37. The maximum Gasteiger partial charge on any atom is 0.274 e. The molecule has 120 valence electrons. The standard InChI is InChI=1S/C18H22N4O/c1-12-9-14(13-5-3-2-4-6-13)11-22(12)18(23)17-15-10-19-8-7-16(15)20-21-17/h2-6,12,14,19H,7-11H2,1H3,(H,20,21). The lowest BCUT2D eigenvalue weighted by atomic mass is 9.97. The van der Waals surface area contributed by atoms with Crippen LogP contribution in [-0.4, -0.2) is 40.1 Å². The second-order valence-electron chi connectivity index (χ2n) is 6.61. The molecule has 1 aromatic carbocycles. The summed E-state index contributed by atoms with van der Waals surface area (Å²) in [4.78, 5) is 15.0. The molecule has 2 aromatic rings. The van der Waals surface area contributed by atoms with E-state index >= 15 is 0 Å². The molecule has 2 aliphatic heterocycles. The van der Waals surface area contributed by atoms with Crippen LogP contribution in [0.25, 0.3) is 0 Å². The Labute approximate surface area is 136 Å². The molecule has 2 unspecified atom stereocenters. The highest BCUT2D eigenvalue weighted by Gasteiger charge is 2.36. The summed E-state index contributed by atoms with van der Waals surface area (Å²) in [5.41, 5.74) is 4.09. The van der Waals surface area contributed by atoms with E-state index in [1.807, 2.05) is 11.0 Å². The molecule has 2 atom stereocenters. The summed E-state index contributed by atoms with van der Waals surface area (Å²) < 4.78 is 0. The van der Waals surface area contributed by atoms with Gasteiger partial charge < -0.3 is 10.2 Å². The molecule has 1 aromatic heterocycles. The Morgan fingerprint density at radius 3 is 2.96 bits per heavy atom. The predicted octanol–water partition coefficient (Wildman–Crippen LogP) is 2.07. The molecular weight excluding hydrogens is 288 g/mol. The lowest BCUT2D eigenvalue weighted by molar-refractivity contribution is 0.0738. The zero-order chi connectivity index (χ0) is 15.8. The Balaban J connectivity index is 1.56. The van der Waals surface area contributed by atoms with Crippen molar-refractivity contribution in [2.45, 2.75) is 38.3 Å². The first kappa shape index (κ1) is 14.5. The van der Waals surface area contributed by atoms with Crippen LogP contribution in [0.2, 0.25) is 0 Å². The predicted molar refractivity (Wildman–Crippen MR) is 88.3 cm³/mol. The van der Waals surface area contributed by atoms with Gasteiger partial charge in [0.15, 0.2) is 5.69 Å². The number of hydrogen-bond acceptors (Lipinski definition) is 3. The lowest BCUT2D eigenvalue weighted by Gasteiger charge is -2.22. The first-order valence-corrected chi connectivity index (χ1v) is 8.37. The minimum atomic E-state index is 0.0668. The highest BCUT2D eigenvalue weighted by atomic mass is 16.2. The van der Waals surface area contributed by atoms with E-state index in [1.54, 1.807) is 0 Å². The summed E-state index contributed by atoms with van der Waals surface area (Å²) in [6, 6.07) is 10.7. The molecule has 2 aliphatic rings. The van der Waals surface area contributed by atoms with Gasteiger partial charge in [-0.25, -0.2) is 0 Å².